The molecule has 0 atom stereocenters. The monoisotopic (exact) mass is 295 g/mol. The van der Waals surface area contributed by atoms with E-state index in [4.69, 9.17) is 0 Å². The Morgan fingerprint density at radius 2 is 1.71 bits per heavy atom. The van der Waals surface area contributed by atoms with Gasteiger partial charge in [-0.2, -0.15) is 13.2 Å². The lowest BCUT2D eigenvalue weighted by molar-refractivity contribution is -0.137. The average molecular weight is 295 g/mol. The maximum absolute atomic E-state index is 12.9. The van der Waals surface area contributed by atoms with Gasteiger partial charge in [0.05, 0.1) is 5.56 Å². The molecule has 1 aromatic heterocycles. The van der Waals surface area contributed by atoms with Crippen LogP contribution >= 0.6 is 0 Å². The summed E-state index contributed by atoms with van der Waals surface area (Å²) >= 11 is 0. The van der Waals surface area contributed by atoms with Gasteiger partial charge in [0.15, 0.2) is 0 Å². The Morgan fingerprint density at radius 3 is 2.33 bits per heavy atom. The Morgan fingerprint density at radius 1 is 1.05 bits per heavy atom. The van der Waals surface area contributed by atoms with Gasteiger partial charge >= 0.3 is 6.18 Å². The molecule has 0 aliphatic rings. The first kappa shape index (κ1) is 15.2. The molecule has 0 aliphatic heterocycles. The largest absolute Gasteiger partial charge is 0.416 e. The standard InChI is InChI=1S/C15H16F3N3/c1-2-8-19-13-9-11(15(16,17)18)10-14(21-13)20-12-6-4-3-5-7-12/h3-7,9-10H,2,8H2,1H3,(H2,19,20,21). The van der Waals surface area contributed by atoms with Crippen molar-refractivity contribution in [1.82, 2.24) is 4.98 Å². The fraction of sp³-hybridized carbons (Fsp3) is 0.267. The van der Waals surface area contributed by atoms with Gasteiger partial charge < -0.3 is 10.6 Å². The van der Waals surface area contributed by atoms with Crippen LogP contribution in [0.5, 0.6) is 0 Å². The molecule has 6 heteroatoms. The second-order valence-corrected chi connectivity index (χ2v) is 4.54. The number of rotatable bonds is 5. The van der Waals surface area contributed by atoms with Crippen LogP contribution in [0.2, 0.25) is 0 Å². The summed E-state index contributed by atoms with van der Waals surface area (Å²) in [5.74, 6) is 0.375. The molecule has 3 nitrogen and oxygen atoms in total. The highest BCUT2D eigenvalue weighted by molar-refractivity contribution is 5.59. The van der Waals surface area contributed by atoms with E-state index in [1.807, 2.05) is 13.0 Å². The van der Waals surface area contributed by atoms with E-state index >= 15 is 0 Å². The van der Waals surface area contributed by atoms with Crippen molar-refractivity contribution in [1.29, 1.82) is 0 Å². The summed E-state index contributed by atoms with van der Waals surface area (Å²) in [6.45, 7) is 2.50. The maximum atomic E-state index is 12.9. The molecule has 112 valence electrons. The molecule has 0 bridgehead atoms. The Hall–Kier alpha value is -2.24. The summed E-state index contributed by atoms with van der Waals surface area (Å²) in [6, 6.07) is 11.0. The molecule has 21 heavy (non-hydrogen) atoms. The van der Waals surface area contributed by atoms with Crippen LogP contribution in [0.25, 0.3) is 0 Å². The summed E-state index contributed by atoms with van der Waals surface area (Å²) in [7, 11) is 0. The van der Waals surface area contributed by atoms with Gasteiger partial charge in [-0.15, -0.1) is 0 Å². The smallest absolute Gasteiger partial charge is 0.370 e. The Labute approximate surface area is 121 Å². The number of alkyl halides is 3. The summed E-state index contributed by atoms with van der Waals surface area (Å²) in [5, 5.41) is 5.76. The van der Waals surface area contributed by atoms with Gasteiger partial charge in [-0.1, -0.05) is 25.1 Å². The van der Waals surface area contributed by atoms with Gasteiger partial charge in [0, 0.05) is 12.2 Å². The number of para-hydroxylation sites is 1. The SMILES string of the molecule is CCCNc1cc(C(F)(F)F)cc(Nc2ccccc2)n1. The normalized spacial score (nSPS) is 11.2. The Kier molecular flexibility index (Phi) is 4.67. The molecule has 0 radical (unpaired) electrons. The third-order valence-corrected chi connectivity index (χ3v) is 2.75. The van der Waals surface area contributed by atoms with E-state index in [2.05, 4.69) is 15.6 Å². The van der Waals surface area contributed by atoms with Gasteiger partial charge in [0.2, 0.25) is 0 Å². The first-order valence-corrected chi connectivity index (χ1v) is 6.64. The molecule has 2 rings (SSSR count). The van der Waals surface area contributed by atoms with Crippen molar-refractivity contribution >= 4 is 17.3 Å². The molecule has 0 saturated carbocycles. The van der Waals surface area contributed by atoms with Crippen LogP contribution in [0.15, 0.2) is 42.5 Å². The lowest BCUT2D eigenvalue weighted by atomic mass is 10.2. The van der Waals surface area contributed by atoms with Crippen LogP contribution in [0.3, 0.4) is 0 Å². The van der Waals surface area contributed by atoms with E-state index in [-0.39, 0.29) is 11.6 Å². The Balaban J connectivity index is 2.30. The highest BCUT2D eigenvalue weighted by Crippen LogP contribution is 2.32. The van der Waals surface area contributed by atoms with Crippen LogP contribution < -0.4 is 10.6 Å². The molecule has 1 heterocycles. The summed E-state index contributed by atoms with van der Waals surface area (Å²) < 4.78 is 38.8. The van der Waals surface area contributed by atoms with Crippen molar-refractivity contribution in [3.05, 3.63) is 48.0 Å². The molecule has 0 aliphatic carbocycles. The zero-order chi connectivity index (χ0) is 15.3. The van der Waals surface area contributed by atoms with Crippen LogP contribution in [0.4, 0.5) is 30.5 Å². The number of aromatic nitrogens is 1. The fourth-order valence-corrected chi connectivity index (χ4v) is 1.77. The van der Waals surface area contributed by atoms with E-state index in [9.17, 15) is 13.2 Å². The predicted octanol–water partition coefficient (Wildman–Crippen LogP) is 4.67. The maximum Gasteiger partial charge on any atom is 0.416 e. The number of pyridine rings is 1. The van der Waals surface area contributed by atoms with Gasteiger partial charge in [0.1, 0.15) is 11.6 Å². The van der Waals surface area contributed by atoms with E-state index in [0.717, 1.165) is 18.6 Å². The molecule has 1 aromatic carbocycles. The van der Waals surface area contributed by atoms with Crippen molar-refractivity contribution in [2.75, 3.05) is 17.2 Å². The van der Waals surface area contributed by atoms with E-state index in [1.165, 1.54) is 0 Å². The van der Waals surface area contributed by atoms with Gasteiger partial charge in [0.25, 0.3) is 0 Å². The van der Waals surface area contributed by atoms with Gasteiger partial charge in [-0.3, -0.25) is 0 Å². The quantitative estimate of drug-likeness (QED) is 0.842. The fourth-order valence-electron chi connectivity index (χ4n) is 1.77. The molecule has 0 saturated heterocycles. The van der Waals surface area contributed by atoms with Crippen LogP contribution in [0, 0.1) is 0 Å². The first-order valence-electron chi connectivity index (χ1n) is 6.64. The van der Waals surface area contributed by atoms with Crippen LogP contribution in [-0.4, -0.2) is 11.5 Å². The minimum absolute atomic E-state index is 0.162. The summed E-state index contributed by atoms with van der Waals surface area (Å²) in [5.41, 5.74) is -0.0414. The third-order valence-electron chi connectivity index (χ3n) is 2.75. The van der Waals surface area contributed by atoms with E-state index in [0.29, 0.717) is 12.2 Å². The second-order valence-electron chi connectivity index (χ2n) is 4.54. The number of nitrogens with one attached hydrogen (secondary N) is 2. The highest BCUT2D eigenvalue weighted by Gasteiger charge is 2.31. The predicted molar refractivity (Wildman–Crippen MR) is 77.7 cm³/mol. The number of halogens is 3. The summed E-state index contributed by atoms with van der Waals surface area (Å²) in [6.07, 6.45) is -3.60. The lowest BCUT2D eigenvalue weighted by Crippen LogP contribution is -2.10. The van der Waals surface area contributed by atoms with E-state index < -0.39 is 11.7 Å². The van der Waals surface area contributed by atoms with Crippen molar-refractivity contribution < 1.29 is 13.2 Å². The van der Waals surface area contributed by atoms with E-state index in [1.54, 1.807) is 24.3 Å². The minimum atomic E-state index is -4.40. The number of hydrogen-bond acceptors (Lipinski definition) is 3. The molecule has 2 N–H and O–H groups in total. The van der Waals surface area contributed by atoms with Crippen LogP contribution in [0.1, 0.15) is 18.9 Å². The number of nitrogens with zero attached hydrogens (tertiary/aromatic N) is 1. The molecule has 0 amide bonds. The average Bonchev–Trinajstić information content (AvgIpc) is 2.45. The molecular weight excluding hydrogens is 279 g/mol. The Bertz CT molecular complexity index is 582. The molecule has 0 unspecified atom stereocenters. The minimum Gasteiger partial charge on any atom is -0.370 e. The molecular formula is C15H16F3N3. The van der Waals surface area contributed by atoms with Crippen molar-refractivity contribution in [3.8, 4) is 0 Å². The third kappa shape index (κ3) is 4.37. The summed E-state index contributed by atoms with van der Waals surface area (Å²) in [4.78, 5) is 4.16. The highest BCUT2D eigenvalue weighted by atomic mass is 19.4. The van der Waals surface area contributed by atoms with Gasteiger partial charge in [-0.05, 0) is 30.7 Å². The number of hydrogen-bond donors (Lipinski definition) is 2. The lowest BCUT2D eigenvalue weighted by Gasteiger charge is -2.13. The topological polar surface area (TPSA) is 37.0 Å². The number of anilines is 3. The molecule has 0 spiro atoms. The second kappa shape index (κ2) is 6.47. The molecule has 0 fully saturated rings. The number of benzene rings is 1. The molecule has 2 aromatic rings. The van der Waals surface area contributed by atoms with Crippen molar-refractivity contribution in [2.45, 2.75) is 19.5 Å². The zero-order valence-corrected chi connectivity index (χ0v) is 11.5. The van der Waals surface area contributed by atoms with Crippen molar-refractivity contribution in [2.24, 2.45) is 0 Å². The first-order chi connectivity index (χ1) is 9.99. The van der Waals surface area contributed by atoms with Crippen molar-refractivity contribution in [3.63, 3.8) is 0 Å². The van der Waals surface area contributed by atoms with Crippen LogP contribution in [-0.2, 0) is 6.18 Å². The zero-order valence-electron chi connectivity index (χ0n) is 11.5. The van der Waals surface area contributed by atoms with Gasteiger partial charge in [-0.25, -0.2) is 4.98 Å².